The molecule has 114 valence electrons. The standard InChI is InChI=1S/C15H23F2NO2/c1-3-5-6-19-7-8-20-15-13(16)9-12(10-14(15)17)11-18-4-2/h9-10,18H,3-8,11H2,1-2H3. The van der Waals surface area contributed by atoms with Crippen LogP contribution < -0.4 is 10.1 Å². The summed E-state index contributed by atoms with van der Waals surface area (Å²) in [6.45, 7) is 6.30. The van der Waals surface area contributed by atoms with Crippen molar-refractivity contribution >= 4 is 0 Å². The van der Waals surface area contributed by atoms with Gasteiger partial charge in [-0.3, -0.25) is 0 Å². The minimum absolute atomic E-state index is 0.143. The van der Waals surface area contributed by atoms with Gasteiger partial charge in [0, 0.05) is 13.2 Å². The van der Waals surface area contributed by atoms with E-state index in [-0.39, 0.29) is 12.4 Å². The molecule has 0 amide bonds. The van der Waals surface area contributed by atoms with Gasteiger partial charge in [0.15, 0.2) is 17.4 Å². The van der Waals surface area contributed by atoms with Gasteiger partial charge in [-0.25, -0.2) is 8.78 Å². The van der Waals surface area contributed by atoms with Crippen molar-refractivity contribution in [3.8, 4) is 5.75 Å². The van der Waals surface area contributed by atoms with Gasteiger partial charge in [-0.1, -0.05) is 20.3 Å². The topological polar surface area (TPSA) is 30.5 Å². The highest BCUT2D eigenvalue weighted by Gasteiger charge is 2.12. The van der Waals surface area contributed by atoms with Crippen LogP contribution in [0.4, 0.5) is 8.78 Å². The van der Waals surface area contributed by atoms with Gasteiger partial charge in [0.1, 0.15) is 6.61 Å². The molecule has 1 aromatic rings. The second-order valence-electron chi connectivity index (χ2n) is 4.48. The molecule has 0 saturated carbocycles. The van der Waals surface area contributed by atoms with Gasteiger partial charge in [-0.05, 0) is 30.7 Å². The van der Waals surface area contributed by atoms with Crippen molar-refractivity contribution < 1.29 is 18.3 Å². The lowest BCUT2D eigenvalue weighted by molar-refractivity contribution is 0.0951. The van der Waals surface area contributed by atoms with E-state index in [9.17, 15) is 8.78 Å². The van der Waals surface area contributed by atoms with Gasteiger partial charge in [-0.2, -0.15) is 0 Å². The van der Waals surface area contributed by atoms with E-state index >= 15 is 0 Å². The molecule has 0 aromatic heterocycles. The maximum atomic E-state index is 13.7. The molecule has 0 heterocycles. The zero-order valence-corrected chi connectivity index (χ0v) is 12.2. The summed E-state index contributed by atoms with van der Waals surface area (Å²) >= 11 is 0. The molecule has 3 nitrogen and oxygen atoms in total. The smallest absolute Gasteiger partial charge is 0.190 e. The zero-order valence-electron chi connectivity index (χ0n) is 12.2. The molecule has 1 rings (SSSR count). The second kappa shape index (κ2) is 9.66. The number of benzene rings is 1. The highest BCUT2D eigenvalue weighted by Crippen LogP contribution is 2.23. The quantitative estimate of drug-likeness (QED) is 0.670. The normalized spacial score (nSPS) is 10.8. The molecule has 0 aliphatic carbocycles. The van der Waals surface area contributed by atoms with Crippen molar-refractivity contribution in [3.05, 3.63) is 29.3 Å². The minimum atomic E-state index is -0.675. The number of hydrogen-bond acceptors (Lipinski definition) is 3. The number of ether oxygens (including phenoxy) is 2. The molecule has 5 heteroatoms. The summed E-state index contributed by atoms with van der Waals surface area (Å²) in [6.07, 6.45) is 2.03. The highest BCUT2D eigenvalue weighted by atomic mass is 19.1. The SMILES string of the molecule is CCCCOCCOc1c(F)cc(CNCC)cc1F. The molecule has 0 aliphatic heterocycles. The molecule has 0 spiro atoms. The maximum Gasteiger partial charge on any atom is 0.190 e. The second-order valence-corrected chi connectivity index (χ2v) is 4.48. The van der Waals surface area contributed by atoms with E-state index in [1.165, 1.54) is 12.1 Å². The third kappa shape index (κ3) is 5.84. The molecule has 0 radical (unpaired) electrons. The Labute approximate surface area is 119 Å². The summed E-state index contributed by atoms with van der Waals surface area (Å²) in [5.41, 5.74) is 0.563. The first-order valence-corrected chi connectivity index (χ1v) is 7.08. The third-order valence-corrected chi connectivity index (χ3v) is 2.75. The summed E-state index contributed by atoms with van der Waals surface area (Å²) in [7, 11) is 0. The molecule has 0 saturated heterocycles. The van der Waals surface area contributed by atoms with Crippen LogP contribution in [0.5, 0.6) is 5.75 Å². The van der Waals surface area contributed by atoms with Crippen molar-refractivity contribution in [3.63, 3.8) is 0 Å². The van der Waals surface area contributed by atoms with E-state index in [0.29, 0.717) is 25.3 Å². The number of rotatable bonds is 10. The van der Waals surface area contributed by atoms with Crippen molar-refractivity contribution in [2.75, 3.05) is 26.4 Å². The fraction of sp³-hybridized carbons (Fsp3) is 0.600. The van der Waals surface area contributed by atoms with E-state index in [4.69, 9.17) is 9.47 Å². The lowest BCUT2D eigenvalue weighted by atomic mass is 10.2. The first kappa shape index (κ1) is 16.9. The van der Waals surface area contributed by atoms with Crippen LogP contribution in [0.3, 0.4) is 0 Å². The van der Waals surface area contributed by atoms with Crippen molar-refractivity contribution in [2.24, 2.45) is 0 Å². The Balaban J connectivity index is 2.45. The third-order valence-electron chi connectivity index (χ3n) is 2.75. The van der Waals surface area contributed by atoms with E-state index in [2.05, 4.69) is 12.2 Å². The molecular weight excluding hydrogens is 264 g/mol. The van der Waals surface area contributed by atoms with Crippen LogP contribution in [-0.4, -0.2) is 26.4 Å². The van der Waals surface area contributed by atoms with Crippen LogP contribution in [0.2, 0.25) is 0 Å². The number of halogens is 2. The summed E-state index contributed by atoms with van der Waals surface area (Å²) in [4.78, 5) is 0. The monoisotopic (exact) mass is 287 g/mol. The Hall–Kier alpha value is -1.20. The molecular formula is C15H23F2NO2. The lowest BCUT2D eigenvalue weighted by Gasteiger charge is -2.10. The fourth-order valence-corrected chi connectivity index (χ4v) is 1.67. The van der Waals surface area contributed by atoms with E-state index in [0.717, 1.165) is 19.4 Å². The Morgan fingerprint density at radius 1 is 1.05 bits per heavy atom. The Kier molecular flexibility index (Phi) is 8.14. The van der Waals surface area contributed by atoms with Crippen LogP contribution >= 0.6 is 0 Å². The van der Waals surface area contributed by atoms with Crippen LogP contribution in [0.15, 0.2) is 12.1 Å². The minimum Gasteiger partial charge on any atom is -0.485 e. The van der Waals surface area contributed by atoms with Crippen molar-refractivity contribution in [1.29, 1.82) is 0 Å². The predicted molar refractivity (Wildman–Crippen MR) is 75.0 cm³/mol. The van der Waals surface area contributed by atoms with Gasteiger partial charge in [0.25, 0.3) is 0 Å². The first-order valence-electron chi connectivity index (χ1n) is 7.08. The van der Waals surface area contributed by atoms with Crippen molar-refractivity contribution in [2.45, 2.75) is 33.2 Å². The number of nitrogens with one attached hydrogen (secondary N) is 1. The molecule has 0 unspecified atom stereocenters. The summed E-state index contributed by atoms with van der Waals surface area (Å²) in [5.74, 6) is -1.68. The van der Waals surface area contributed by atoms with Crippen LogP contribution in [0, 0.1) is 11.6 Å². The largest absolute Gasteiger partial charge is 0.485 e. The molecule has 1 aromatic carbocycles. The van der Waals surface area contributed by atoms with Crippen LogP contribution in [0.25, 0.3) is 0 Å². The molecule has 0 aliphatic rings. The summed E-state index contributed by atoms with van der Waals surface area (Å²) < 4.78 is 37.9. The summed E-state index contributed by atoms with van der Waals surface area (Å²) in [5, 5.41) is 3.02. The lowest BCUT2D eigenvalue weighted by Crippen LogP contribution is -2.13. The first-order chi connectivity index (χ1) is 9.69. The van der Waals surface area contributed by atoms with E-state index in [1.54, 1.807) is 0 Å². The van der Waals surface area contributed by atoms with Crippen LogP contribution in [0.1, 0.15) is 32.3 Å². The predicted octanol–water partition coefficient (Wildman–Crippen LogP) is 3.27. The van der Waals surface area contributed by atoms with Gasteiger partial charge in [0.2, 0.25) is 0 Å². The number of unbranched alkanes of at least 4 members (excludes halogenated alkanes) is 1. The maximum absolute atomic E-state index is 13.7. The van der Waals surface area contributed by atoms with Gasteiger partial charge in [-0.15, -0.1) is 0 Å². The average Bonchev–Trinajstić information content (AvgIpc) is 2.42. The van der Waals surface area contributed by atoms with Crippen LogP contribution in [-0.2, 0) is 11.3 Å². The Bertz CT molecular complexity index is 376. The molecule has 0 fully saturated rings. The Morgan fingerprint density at radius 3 is 2.35 bits per heavy atom. The van der Waals surface area contributed by atoms with Gasteiger partial charge in [0.05, 0.1) is 6.61 Å². The van der Waals surface area contributed by atoms with Gasteiger partial charge < -0.3 is 14.8 Å². The molecule has 1 N–H and O–H groups in total. The number of hydrogen-bond donors (Lipinski definition) is 1. The average molecular weight is 287 g/mol. The highest BCUT2D eigenvalue weighted by molar-refractivity contribution is 5.31. The summed E-state index contributed by atoms with van der Waals surface area (Å²) in [6, 6.07) is 2.58. The van der Waals surface area contributed by atoms with Crippen molar-refractivity contribution in [1.82, 2.24) is 5.32 Å². The zero-order chi connectivity index (χ0) is 14.8. The van der Waals surface area contributed by atoms with E-state index < -0.39 is 11.6 Å². The fourth-order valence-electron chi connectivity index (χ4n) is 1.67. The molecule has 20 heavy (non-hydrogen) atoms. The van der Waals surface area contributed by atoms with E-state index in [1.807, 2.05) is 6.92 Å². The van der Waals surface area contributed by atoms with Gasteiger partial charge >= 0.3 is 0 Å². The Morgan fingerprint density at radius 2 is 1.75 bits per heavy atom. The molecule has 0 bridgehead atoms. The molecule has 0 atom stereocenters.